The summed E-state index contributed by atoms with van der Waals surface area (Å²) < 4.78 is 1.80. The van der Waals surface area contributed by atoms with Crippen molar-refractivity contribution in [2.75, 3.05) is 6.54 Å². The molecule has 0 aliphatic carbocycles. The number of rotatable bonds is 6. The van der Waals surface area contributed by atoms with E-state index in [9.17, 15) is 9.59 Å². The van der Waals surface area contributed by atoms with Crippen molar-refractivity contribution in [2.45, 2.75) is 26.3 Å². The molecule has 0 unspecified atom stereocenters. The van der Waals surface area contributed by atoms with Gasteiger partial charge in [-0.25, -0.2) is 9.78 Å². The van der Waals surface area contributed by atoms with Crippen molar-refractivity contribution in [1.29, 1.82) is 0 Å². The summed E-state index contributed by atoms with van der Waals surface area (Å²) in [6, 6.07) is 4.77. The summed E-state index contributed by atoms with van der Waals surface area (Å²) in [5.74, 6) is -0.983. The van der Waals surface area contributed by atoms with Crippen LogP contribution in [0.15, 0.2) is 24.5 Å². The molecule has 0 saturated heterocycles. The summed E-state index contributed by atoms with van der Waals surface area (Å²) in [7, 11) is 0. The Morgan fingerprint density at radius 1 is 1.40 bits per heavy atom. The van der Waals surface area contributed by atoms with E-state index in [4.69, 9.17) is 5.11 Å². The zero-order valence-electron chi connectivity index (χ0n) is 11.3. The number of amides is 1. The zero-order chi connectivity index (χ0) is 14.5. The summed E-state index contributed by atoms with van der Waals surface area (Å²) in [4.78, 5) is 26.7. The average Bonchev–Trinajstić information content (AvgIpc) is 2.85. The molecule has 0 aliphatic heterocycles. The van der Waals surface area contributed by atoms with Crippen LogP contribution in [0.5, 0.6) is 0 Å². The van der Waals surface area contributed by atoms with Crippen molar-refractivity contribution in [2.24, 2.45) is 0 Å². The molecule has 2 rings (SSSR count). The standard InChI is InChI=1S/C14H17N3O3/c1-2-6-15-13(18)5-7-17-9-16-11-4-3-10(14(19)20)8-12(11)17/h3-4,8-9H,2,5-7H2,1H3,(H,15,18)(H,19,20). The van der Waals surface area contributed by atoms with Crippen LogP contribution >= 0.6 is 0 Å². The molecule has 20 heavy (non-hydrogen) atoms. The normalized spacial score (nSPS) is 10.7. The van der Waals surface area contributed by atoms with Crippen molar-refractivity contribution in [3.63, 3.8) is 0 Å². The molecule has 2 aromatic rings. The van der Waals surface area contributed by atoms with E-state index < -0.39 is 5.97 Å². The number of nitrogens with zero attached hydrogens (tertiary/aromatic N) is 2. The first-order valence-corrected chi connectivity index (χ1v) is 6.56. The van der Waals surface area contributed by atoms with Gasteiger partial charge in [0.15, 0.2) is 0 Å². The molecule has 1 aromatic heterocycles. The lowest BCUT2D eigenvalue weighted by atomic mass is 10.2. The maximum absolute atomic E-state index is 11.6. The first kappa shape index (κ1) is 14.0. The molecule has 0 aliphatic rings. The molecular formula is C14H17N3O3. The highest BCUT2D eigenvalue weighted by molar-refractivity contribution is 5.92. The molecule has 0 saturated carbocycles. The summed E-state index contributed by atoms with van der Waals surface area (Å²) in [5, 5.41) is 11.8. The SMILES string of the molecule is CCCNC(=O)CCn1cnc2ccc(C(=O)O)cc21. The average molecular weight is 275 g/mol. The Labute approximate surface area is 116 Å². The zero-order valence-corrected chi connectivity index (χ0v) is 11.3. The molecule has 0 radical (unpaired) electrons. The van der Waals surface area contributed by atoms with Crippen molar-refractivity contribution in [3.05, 3.63) is 30.1 Å². The third-order valence-electron chi connectivity index (χ3n) is 3.02. The van der Waals surface area contributed by atoms with Gasteiger partial charge in [0.1, 0.15) is 0 Å². The van der Waals surface area contributed by atoms with Crippen LogP contribution in [0.3, 0.4) is 0 Å². The number of carboxylic acid groups (broad SMARTS) is 1. The van der Waals surface area contributed by atoms with E-state index in [1.165, 1.54) is 6.07 Å². The van der Waals surface area contributed by atoms with E-state index >= 15 is 0 Å². The first-order valence-electron chi connectivity index (χ1n) is 6.56. The Bertz CT molecular complexity index is 634. The molecule has 6 nitrogen and oxygen atoms in total. The van der Waals surface area contributed by atoms with E-state index in [0.29, 0.717) is 19.5 Å². The molecule has 0 atom stereocenters. The second-order valence-corrected chi connectivity index (χ2v) is 4.55. The molecule has 1 aromatic carbocycles. The van der Waals surface area contributed by atoms with E-state index in [-0.39, 0.29) is 11.5 Å². The number of carbonyl (C=O) groups is 2. The Morgan fingerprint density at radius 3 is 2.90 bits per heavy atom. The van der Waals surface area contributed by atoms with Crippen molar-refractivity contribution >= 4 is 22.9 Å². The molecule has 0 bridgehead atoms. The van der Waals surface area contributed by atoms with Crippen LogP contribution in [-0.2, 0) is 11.3 Å². The minimum Gasteiger partial charge on any atom is -0.478 e. The quantitative estimate of drug-likeness (QED) is 0.839. The Balaban J connectivity index is 2.12. The maximum atomic E-state index is 11.6. The molecule has 0 fully saturated rings. The van der Waals surface area contributed by atoms with E-state index in [1.807, 2.05) is 6.92 Å². The highest BCUT2D eigenvalue weighted by atomic mass is 16.4. The number of carboxylic acids is 1. The molecule has 1 amide bonds. The fourth-order valence-electron chi connectivity index (χ4n) is 1.94. The van der Waals surface area contributed by atoms with Crippen LogP contribution in [0, 0.1) is 0 Å². The number of imidazole rings is 1. The first-order chi connectivity index (χ1) is 9.61. The van der Waals surface area contributed by atoms with Gasteiger partial charge < -0.3 is 15.0 Å². The number of benzene rings is 1. The molecule has 2 N–H and O–H groups in total. The van der Waals surface area contributed by atoms with Crippen LogP contribution < -0.4 is 5.32 Å². The topological polar surface area (TPSA) is 84.2 Å². The smallest absolute Gasteiger partial charge is 0.335 e. The monoisotopic (exact) mass is 275 g/mol. The Kier molecular flexibility index (Phi) is 4.34. The van der Waals surface area contributed by atoms with Crippen LogP contribution in [0.1, 0.15) is 30.1 Å². The van der Waals surface area contributed by atoms with Crippen LogP contribution in [0.4, 0.5) is 0 Å². The van der Waals surface area contributed by atoms with Crippen LogP contribution in [0.2, 0.25) is 0 Å². The van der Waals surface area contributed by atoms with Gasteiger partial charge in [-0.2, -0.15) is 0 Å². The third kappa shape index (κ3) is 3.14. The van der Waals surface area contributed by atoms with Gasteiger partial charge in [0.05, 0.1) is 22.9 Å². The lowest BCUT2D eigenvalue weighted by Crippen LogP contribution is -2.24. The Morgan fingerprint density at radius 2 is 2.20 bits per heavy atom. The number of carbonyl (C=O) groups excluding carboxylic acids is 1. The largest absolute Gasteiger partial charge is 0.478 e. The number of hydrogen-bond donors (Lipinski definition) is 2. The van der Waals surface area contributed by atoms with Crippen molar-refractivity contribution < 1.29 is 14.7 Å². The lowest BCUT2D eigenvalue weighted by Gasteiger charge is -2.05. The predicted octanol–water partition coefficient (Wildman–Crippen LogP) is 1.65. The number of fused-ring (bicyclic) bond motifs is 1. The van der Waals surface area contributed by atoms with Crippen molar-refractivity contribution in [3.8, 4) is 0 Å². The molecule has 1 heterocycles. The fraction of sp³-hybridized carbons (Fsp3) is 0.357. The van der Waals surface area contributed by atoms with Gasteiger partial charge in [-0.05, 0) is 24.6 Å². The molecular weight excluding hydrogens is 258 g/mol. The second-order valence-electron chi connectivity index (χ2n) is 4.55. The summed E-state index contributed by atoms with van der Waals surface area (Å²) >= 11 is 0. The minimum absolute atomic E-state index is 0.0110. The second kappa shape index (κ2) is 6.18. The molecule has 0 spiro atoms. The maximum Gasteiger partial charge on any atom is 0.335 e. The summed E-state index contributed by atoms with van der Waals surface area (Å²) in [6.45, 7) is 3.15. The van der Waals surface area contributed by atoms with Gasteiger partial charge in [-0.15, -0.1) is 0 Å². The molecule has 6 heteroatoms. The number of aryl methyl sites for hydroxylation is 1. The number of hydrogen-bond acceptors (Lipinski definition) is 3. The number of aromatic carboxylic acids is 1. The van der Waals surface area contributed by atoms with Gasteiger partial charge in [0.2, 0.25) is 5.91 Å². The van der Waals surface area contributed by atoms with Crippen LogP contribution in [0.25, 0.3) is 11.0 Å². The van der Waals surface area contributed by atoms with E-state index in [0.717, 1.165) is 17.5 Å². The molecule has 106 valence electrons. The Hall–Kier alpha value is -2.37. The van der Waals surface area contributed by atoms with E-state index in [1.54, 1.807) is 23.0 Å². The van der Waals surface area contributed by atoms with Crippen LogP contribution in [-0.4, -0.2) is 33.1 Å². The van der Waals surface area contributed by atoms with Gasteiger partial charge in [0.25, 0.3) is 0 Å². The third-order valence-corrected chi connectivity index (χ3v) is 3.02. The van der Waals surface area contributed by atoms with Crippen molar-refractivity contribution in [1.82, 2.24) is 14.9 Å². The highest BCUT2D eigenvalue weighted by Gasteiger charge is 2.09. The fourth-order valence-corrected chi connectivity index (χ4v) is 1.94. The number of aromatic nitrogens is 2. The van der Waals surface area contributed by atoms with E-state index in [2.05, 4.69) is 10.3 Å². The lowest BCUT2D eigenvalue weighted by molar-refractivity contribution is -0.121. The van der Waals surface area contributed by atoms with Gasteiger partial charge in [-0.3, -0.25) is 4.79 Å². The van der Waals surface area contributed by atoms with Gasteiger partial charge in [-0.1, -0.05) is 6.92 Å². The summed E-state index contributed by atoms with van der Waals surface area (Å²) in [6.07, 6.45) is 2.88. The highest BCUT2D eigenvalue weighted by Crippen LogP contribution is 2.15. The minimum atomic E-state index is -0.972. The van der Waals surface area contributed by atoms with Gasteiger partial charge >= 0.3 is 5.97 Å². The number of nitrogens with one attached hydrogen (secondary N) is 1. The van der Waals surface area contributed by atoms with Gasteiger partial charge in [0, 0.05) is 19.5 Å². The predicted molar refractivity (Wildman–Crippen MR) is 74.6 cm³/mol. The summed E-state index contributed by atoms with van der Waals surface area (Å²) in [5.41, 5.74) is 1.67.